The maximum atomic E-state index is 13.3. The van der Waals surface area contributed by atoms with Crippen molar-refractivity contribution in [3.63, 3.8) is 0 Å². The van der Waals surface area contributed by atoms with Crippen LogP contribution in [0.1, 0.15) is 0 Å². The number of nitrogens with zero attached hydrogens (tertiary/aromatic N) is 1. The molecule has 0 heterocycles. The van der Waals surface area contributed by atoms with E-state index in [-0.39, 0.29) is 4.90 Å². The lowest BCUT2D eigenvalue weighted by Gasteiger charge is -2.21. The molecule has 2 rings (SSSR count). The van der Waals surface area contributed by atoms with Gasteiger partial charge in [-0.15, -0.1) is 11.8 Å². The maximum absolute atomic E-state index is 13.3. The molecule has 0 bridgehead atoms. The molecule has 0 amide bonds. The first-order valence-corrected chi connectivity index (χ1v) is 8.61. The molecule has 0 N–H and O–H groups in total. The van der Waals surface area contributed by atoms with Crippen LogP contribution in [0.3, 0.4) is 0 Å². The first-order chi connectivity index (χ1) is 9.87. The molecule has 0 fully saturated rings. The van der Waals surface area contributed by atoms with Gasteiger partial charge in [-0.2, -0.15) is 0 Å². The van der Waals surface area contributed by atoms with Crippen LogP contribution >= 0.6 is 11.8 Å². The van der Waals surface area contributed by atoms with Crippen molar-refractivity contribution in [2.75, 3.05) is 17.6 Å². The fourth-order valence-corrected chi connectivity index (χ4v) is 3.73. The minimum absolute atomic E-state index is 0.292. The van der Waals surface area contributed by atoms with Gasteiger partial charge in [0.1, 0.15) is 0 Å². The first-order valence-electron chi connectivity index (χ1n) is 5.95. The van der Waals surface area contributed by atoms with E-state index in [9.17, 15) is 17.2 Å². The van der Waals surface area contributed by atoms with Crippen LogP contribution < -0.4 is 4.31 Å². The van der Waals surface area contributed by atoms with Gasteiger partial charge in [-0.3, -0.25) is 4.31 Å². The van der Waals surface area contributed by atoms with Gasteiger partial charge >= 0.3 is 0 Å². The molecule has 0 unspecified atom stereocenters. The van der Waals surface area contributed by atoms with Crippen molar-refractivity contribution in [2.45, 2.75) is 9.79 Å². The van der Waals surface area contributed by atoms with Crippen molar-refractivity contribution >= 4 is 27.5 Å². The smallest absolute Gasteiger partial charge is 0.264 e. The summed E-state index contributed by atoms with van der Waals surface area (Å²) in [5, 5.41) is 0. The lowest BCUT2D eigenvalue weighted by molar-refractivity contribution is 0.504. The van der Waals surface area contributed by atoms with E-state index in [1.807, 2.05) is 6.26 Å². The molecule has 0 saturated heterocycles. The number of halogens is 2. The van der Waals surface area contributed by atoms with Crippen LogP contribution in [0.25, 0.3) is 0 Å². The van der Waals surface area contributed by atoms with Crippen LogP contribution in [0.5, 0.6) is 0 Å². The second-order valence-electron chi connectivity index (χ2n) is 4.22. The SMILES string of the molecule is CSc1ccccc1N(C)S(=O)(=O)c1ccc(F)c(F)c1. The number of sulfonamides is 1. The van der Waals surface area contributed by atoms with Gasteiger partial charge < -0.3 is 0 Å². The molecule has 0 aromatic heterocycles. The van der Waals surface area contributed by atoms with Gasteiger partial charge in [0.25, 0.3) is 10.0 Å². The van der Waals surface area contributed by atoms with Crippen LogP contribution in [0.4, 0.5) is 14.5 Å². The summed E-state index contributed by atoms with van der Waals surface area (Å²) >= 11 is 1.40. The molecular weight excluding hydrogens is 316 g/mol. The minimum Gasteiger partial charge on any atom is -0.268 e. The topological polar surface area (TPSA) is 37.4 Å². The van der Waals surface area contributed by atoms with Gasteiger partial charge in [-0.1, -0.05) is 12.1 Å². The molecule has 2 aromatic carbocycles. The third-order valence-corrected chi connectivity index (χ3v) is 5.53. The highest BCUT2D eigenvalue weighted by Gasteiger charge is 2.24. The Bertz CT molecular complexity index is 763. The van der Waals surface area contributed by atoms with E-state index in [0.717, 1.165) is 21.3 Å². The van der Waals surface area contributed by atoms with Crippen molar-refractivity contribution in [1.29, 1.82) is 0 Å². The number of hydrogen-bond donors (Lipinski definition) is 0. The normalized spacial score (nSPS) is 11.4. The van der Waals surface area contributed by atoms with E-state index in [1.54, 1.807) is 24.3 Å². The molecule has 21 heavy (non-hydrogen) atoms. The van der Waals surface area contributed by atoms with E-state index in [4.69, 9.17) is 0 Å². The summed E-state index contributed by atoms with van der Waals surface area (Å²) in [6.45, 7) is 0. The van der Waals surface area contributed by atoms with Crippen LogP contribution in [-0.4, -0.2) is 21.7 Å². The molecule has 2 aromatic rings. The van der Waals surface area contributed by atoms with Gasteiger partial charge in [0.05, 0.1) is 10.6 Å². The van der Waals surface area contributed by atoms with Crippen LogP contribution in [0, 0.1) is 11.6 Å². The Balaban J connectivity index is 2.50. The number of para-hydroxylation sites is 1. The summed E-state index contributed by atoms with van der Waals surface area (Å²) in [6.07, 6.45) is 1.83. The van der Waals surface area contributed by atoms with Gasteiger partial charge in [-0.05, 0) is 36.6 Å². The fraction of sp³-hybridized carbons (Fsp3) is 0.143. The van der Waals surface area contributed by atoms with Gasteiger partial charge in [-0.25, -0.2) is 17.2 Å². The Hall–Kier alpha value is -1.60. The van der Waals surface area contributed by atoms with E-state index in [0.29, 0.717) is 11.8 Å². The van der Waals surface area contributed by atoms with Crippen LogP contribution in [0.15, 0.2) is 52.3 Å². The molecular formula is C14H13F2NO2S2. The first kappa shape index (κ1) is 15.8. The monoisotopic (exact) mass is 329 g/mol. The molecule has 7 heteroatoms. The molecule has 0 aliphatic carbocycles. The third kappa shape index (κ3) is 3.03. The molecule has 0 aliphatic rings. The lowest BCUT2D eigenvalue weighted by Crippen LogP contribution is -2.27. The molecule has 112 valence electrons. The summed E-state index contributed by atoms with van der Waals surface area (Å²) in [4.78, 5) is 0.478. The standard InChI is InChI=1S/C14H13F2NO2S2/c1-17(13-5-3-4-6-14(13)20-2)21(18,19)10-7-8-11(15)12(16)9-10/h3-9H,1-2H3. The highest BCUT2D eigenvalue weighted by Crippen LogP contribution is 2.31. The largest absolute Gasteiger partial charge is 0.268 e. The Morgan fingerprint density at radius 1 is 1.05 bits per heavy atom. The van der Waals surface area contributed by atoms with Gasteiger partial charge in [0, 0.05) is 11.9 Å². The maximum Gasteiger partial charge on any atom is 0.264 e. The average molecular weight is 329 g/mol. The molecule has 0 atom stereocenters. The molecule has 0 radical (unpaired) electrons. The summed E-state index contributed by atoms with van der Waals surface area (Å²) in [7, 11) is -2.57. The Morgan fingerprint density at radius 3 is 2.33 bits per heavy atom. The quantitative estimate of drug-likeness (QED) is 0.806. The Morgan fingerprint density at radius 2 is 1.71 bits per heavy atom. The zero-order valence-electron chi connectivity index (χ0n) is 11.4. The summed E-state index contributed by atoms with van der Waals surface area (Å²) in [5.41, 5.74) is 0.481. The zero-order valence-corrected chi connectivity index (χ0v) is 13.0. The molecule has 3 nitrogen and oxygen atoms in total. The van der Waals surface area contributed by atoms with E-state index < -0.39 is 21.7 Å². The number of rotatable bonds is 4. The summed E-state index contributed by atoms with van der Waals surface area (Å²) in [6, 6.07) is 9.49. The van der Waals surface area contributed by atoms with Crippen molar-refractivity contribution in [3.8, 4) is 0 Å². The number of anilines is 1. The zero-order chi connectivity index (χ0) is 15.6. The van der Waals surface area contributed by atoms with Crippen molar-refractivity contribution < 1.29 is 17.2 Å². The predicted molar refractivity (Wildman–Crippen MR) is 80.2 cm³/mol. The molecule has 0 saturated carbocycles. The second-order valence-corrected chi connectivity index (χ2v) is 7.04. The van der Waals surface area contributed by atoms with E-state index in [1.165, 1.54) is 18.8 Å². The Kier molecular flexibility index (Phi) is 4.53. The van der Waals surface area contributed by atoms with Crippen molar-refractivity contribution in [2.24, 2.45) is 0 Å². The van der Waals surface area contributed by atoms with Crippen LogP contribution in [-0.2, 0) is 10.0 Å². The van der Waals surface area contributed by atoms with Crippen LogP contribution in [0.2, 0.25) is 0 Å². The third-order valence-electron chi connectivity index (χ3n) is 2.97. The highest BCUT2D eigenvalue weighted by molar-refractivity contribution is 7.99. The molecule has 0 spiro atoms. The number of hydrogen-bond acceptors (Lipinski definition) is 3. The summed E-state index contributed by atoms with van der Waals surface area (Å²) in [5.74, 6) is -2.27. The lowest BCUT2D eigenvalue weighted by atomic mass is 10.3. The number of thioether (sulfide) groups is 1. The summed E-state index contributed by atoms with van der Waals surface area (Å²) < 4.78 is 52.2. The second kappa shape index (κ2) is 6.03. The van der Waals surface area contributed by atoms with Crippen molar-refractivity contribution in [3.05, 3.63) is 54.1 Å². The highest BCUT2D eigenvalue weighted by atomic mass is 32.2. The number of benzene rings is 2. The van der Waals surface area contributed by atoms with Gasteiger partial charge in [0.2, 0.25) is 0 Å². The molecule has 0 aliphatic heterocycles. The van der Waals surface area contributed by atoms with E-state index >= 15 is 0 Å². The minimum atomic E-state index is -3.95. The Labute approximate surface area is 126 Å². The van der Waals surface area contributed by atoms with Crippen molar-refractivity contribution in [1.82, 2.24) is 0 Å². The average Bonchev–Trinajstić information content (AvgIpc) is 2.49. The van der Waals surface area contributed by atoms with E-state index in [2.05, 4.69) is 0 Å². The predicted octanol–water partition coefficient (Wildman–Crippen LogP) is 3.51. The van der Waals surface area contributed by atoms with Gasteiger partial charge in [0.15, 0.2) is 11.6 Å². The fourth-order valence-electron chi connectivity index (χ4n) is 1.81.